The molecule has 1 heterocycles. The summed E-state index contributed by atoms with van der Waals surface area (Å²) < 4.78 is 5.27. The summed E-state index contributed by atoms with van der Waals surface area (Å²) in [5.74, 6) is 0.785. The molecule has 0 bridgehead atoms. The number of benzene rings is 1. The number of carbonyl (C=O) groups is 1. The van der Waals surface area contributed by atoms with Crippen molar-refractivity contribution in [2.24, 2.45) is 5.10 Å². The van der Waals surface area contributed by atoms with E-state index in [9.17, 15) is 14.9 Å². The third-order valence-corrected chi connectivity index (χ3v) is 3.02. The Hall–Kier alpha value is -3.22. The van der Waals surface area contributed by atoms with Gasteiger partial charge in [0.1, 0.15) is 11.5 Å². The Kier molecular flexibility index (Phi) is 5.03. The quantitative estimate of drug-likeness (QED) is 0.520. The van der Waals surface area contributed by atoms with Gasteiger partial charge in [0, 0.05) is 12.3 Å². The summed E-state index contributed by atoms with van der Waals surface area (Å²) in [5, 5.41) is 14.6. The smallest absolute Gasteiger partial charge is 0.276 e. The lowest BCUT2D eigenvalue weighted by atomic mass is 10.2. The van der Waals surface area contributed by atoms with Gasteiger partial charge in [-0.25, -0.2) is 5.43 Å². The van der Waals surface area contributed by atoms with Gasteiger partial charge in [-0.05, 0) is 38.1 Å². The first kappa shape index (κ1) is 16.2. The number of nitrogens with one attached hydrogen (secondary N) is 1. The molecule has 0 atom stereocenters. The van der Waals surface area contributed by atoms with Crippen molar-refractivity contribution in [3.8, 4) is 0 Å². The lowest BCUT2D eigenvalue weighted by Crippen LogP contribution is -2.17. The zero-order valence-corrected chi connectivity index (χ0v) is 12.6. The molecule has 0 aliphatic heterocycles. The molecule has 0 saturated carbocycles. The predicted molar refractivity (Wildman–Crippen MR) is 86.3 cm³/mol. The zero-order valence-electron chi connectivity index (χ0n) is 12.6. The van der Waals surface area contributed by atoms with Gasteiger partial charge in [-0.15, -0.1) is 0 Å². The van der Waals surface area contributed by atoms with Crippen LogP contribution in [-0.4, -0.2) is 17.0 Å². The monoisotopic (exact) mass is 313 g/mol. The van der Waals surface area contributed by atoms with Crippen LogP contribution < -0.4 is 5.43 Å². The average Bonchev–Trinajstić information content (AvgIpc) is 2.85. The molecule has 2 aromatic rings. The maximum absolute atomic E-state index is 11.9. The number of allylic oxidation sites excluding steroid dienone is 1. The minimum absolute atomic E-state index is 0.00526. The molecule has 7 nitrogen and oxygen atoms in total. The molecule has 0 unspecified atom stereocenters. The number of hydrogen-bond donors (Lipinski definition) is 1. The molecule has 0 aliphatic carbocycles. The fourth-order valence-corrected chi connectivity index (χ4v) is 2.00. The fraction of sp³-hybridized carbons (Fsp3) is 0.125. The SMILES string of the molecule is Cc1cc(C(=O)N/N=C\C=C\c2ccccc2[N+](=O)[O-])c(C)o1. The van der Waals surface area contributed by atoms with Crippen molar-refractivity contribution >= 4 is 23.9 Å². The number of hydrazone groups is 1. The summed E-state index contributed by atoms with van der Waals surface area (Å²) >= 11 is 0. The zero-order chi connectivity index (χ0) is 16.8. The number of rotatable bonds is 5. The second-order valence-electron chi connectivity index (χ2n) is 4.72. The largest absolute Gasteiger partial charge is 0.466 e. The molecule has 0 saturated heterocycles. The van der Waals surface area contributed by atoms with Crippen LogP contribution in [0.15, 0.2) is 45.9 Å². The van der Waals surface area contributed by atoms with E-state index in [1.165, 1.54) is 18.4 Å². The lowest BCUT2D eigenvalue weighted by Gasteiger charge is -1.96. The van der Waals surface area contributed by atoms with E-state index in [-0.39, 0.29) is 11.6 Å². The molecule has 0 aliphatic rings. The van der Waals surface area contributed by atoms with Gasteiger partial charge in [0.2, 0.25) is 0 Å². The summed E-state index contributed by atoms with van der Waals surface area (Å²) in [6, 6.07) is 7.97. The predicted octanol–water partition coefficient (Wildman–Crippen LogP) is 3.23. The number of nitro groups is 1. The van der Waals surface area contributed by atoms with Crippen LogP contribution in [0.4, 0.5) is 5.69 Å². The molecular weight excluding hydrogens is 298 g/mol. The summed E-state index contributed by atoms with van der Waals surface area (Å²) in [7, 11) is 0. The molecule has 1 N–H and O–H groups in total. The standard InChI is InChI=1S/C16H15N3O4/c1-11-10-14(12(2)23-11)16(20)18-17-9-5-7-13-6-3-4-8-15(13)19(21)22/h3-10H,1-2H3,(H,18,20)/b7-5+,17-9-. The Labute approximate surface area is 132 Å². The molecule has 1 aromatic carbocycles. The van der Waals surface area contributed by atoms with Crippen LogP contribution in [0.5, 0.6) is 0 Å². The average molecular weight is 313 g/mol. The van der Waals surface area contributed by atoms with Crippen molar-refractivity contribution in [3.63, 3.8) is 0 Å². The second kappa shape index (κ2) is 7.17. The van der Waals surface area contributed by atoms with Crippen LogP contribution in [0.1, 0.15) is 27.4 Å². The van der Waals surface area contributed by atoms with Gasteiger partial charge in [0.05, 0.1) is 16.1 Å². The van der Waals surface area contributed by atoms with E-state index >= 15 is 0 Å². The minimum Gasteiger partial charge on any atom is -0.466 e. The van der Waals surface area contributed by atoms with Crippen molar-refractivity contribution in [3.05, 3.63) is 69.2 Å². The Morgan fingerprint density at radius 2 is 2.09 bits per heavy atom. The van der Waals surface area contributed by atoms with Crippen LogP contribution in [0.3, 0.4) is 0 Å². The van der Waals surface area contributed by atoms with Crippen molar-refractivity contribution < 1.29 is 14.1 Å². The normalized spacial score (nSPS) is 11.2. The van der Waals surface area contributed by atoms with Crippen molar-refractivity contribution in [1.29, 1.82) is 0 Å². The van der Waals surface area contributed by atoms with Gasteiger partial charge < -0.3 is 4.42 Å². The molecule has 1 amide bonds. The van der Waals surface area contributed by atoms with Gasteiger partial charge in [-0.3, -0.25) is 14.9 Å². The molecule has 0 radical (unpaired) electrons. The highest BCUT2D eigenvalue weighted by atomic mass is 16.6. The number of furan rings is 1. The summed E-state index contributed by atoms with van der Waals surface area (Å²) in [6.07, 6.45) is 4.40. The number of nitro benzene ring substituents is 1. The molecule has 0 fully saturated rings. The first-order valence-electron chi connectivity index (χ1n) is 6.79. The fourth-order valence-electron chi connectivity index (χ4n) is 2.00. The van der Waals surface area contributed by atoms with Crippen LogP contribution >= 0.6 is 0 Å². The maximum Gasteiger partial charge on any atom is 0.276 e. The molecular formula is C16H15N3O4. The Morgan fingerprint density at radius 3 is 2.74 bits per heavy atom. The number of amides is 1. The highest BCUT2D eigenvalue weighted by molar-refractivity contribution is 5.95. The van der Waals surface area contributed by atoms with E-state index in [0.717, 1.165) is 0 Å². The molecule has 23 heavy (non-hydrogen) atoms. The van der Waals surface area contributed by atoms with Crippen molar-refractivity contribution in [1.82, 2.24) is 5.43 Å². The maximum atomic E-state index is 11.9. The van der Waals surface area contributed by atoms with E-state index in [4.69, 9.17) is 4.42 Å². The summed E-state index contributed by atoms with van der Waals surface area (Å²) in [4.78, 5) is 22.3. The van der Waals surface area contributed by atoms with Gasteiger partial charge in [-0.1, -0.05) is 12.1 Å². The van der Waals surface area contributed by atoms with E-state index < -0.39 is 4.92 Å². The van der Waals surface area contributed by atoms with Crippen molar-refractivity contribution in [2.75, 3.05) is 0 Å². The van der Waals surface area contributed by atoms with Gasteiger partial charge >= 0.3 is 0 Å². The summed E-state index contributed by atoms with van der Waals surface area (Å²) in [6.45, 7) is 3.45. The third kappa shape index (κ3) is 4.13. The van der Waals surface area contributed by atoms with Crippen LogP contribution in [-0.2, 0) is 0 Å². The van der Waals surface area contributed by atoms with Crippen molar-refractivity contribution in [2.45, 2.75) is 13.8 Å². The highest BCUT2D eigenvalue weighted by Crippen LogP contribution is 2.18. The molecule has 7 heteroatoms. The van der Waals surface area contributed by atoms with E-state index in [1.54, 1.807) is 44.2 Å². The Balaban J connectivity index is 1.98. The number of aryl methyl sites for hydroxylation is 2. The van der Waals surface area contributed by atoms with E-state index in [2.05, 4.69) is 10.5 Å². The molecule has 2 rings (SSSR count). The minimum atomic E-state index is -0.456. The van der Waals surface area contributed by atoms with Crippen LogP contribution in [0.2, 0.25) is 0 Å². The molecule has 1 aromatic heterocycles. The molecule has 118 valence electrons. The van der Waals surface area contributed by atoms with Crippen LogP contribution in [0.25, 0.3) is 6.08 Å². The number of para-hydroxylation sites is 1. The number of carbonyl (C=O) groups excluding carboxylic acids is 1. The first-order chi connectivity index (χ1) is 11.0. The molecule has 0 spiro atoms. The van der Waals surface area contributed by atoms with Crippen LogP contribution in [0, 0.1) is 24.0 Å². The Bertz CT molecular complexity index is 790. The third-order valence-electron chi connectivity index (χ3n) is 3.02. The Morgan fingerprint density at radius 1 is 1.35 bits per heavy atom. The highest BCUT2D eigenvalue weighted by Gasteiger charge is 2.12. The number of nitrogens with zero attached hydrogens (tertiary/aromatic N) is 2. The van der Waals surface area contributed by atoms with Gasteiger partial charge in [-0.2, -0.15) is 5.10 Å². The van der Waals surface area contributed by atoms with E-state index in [1.807, 2.05) is 0 Å². The number of hydrogen-bond acceptors (Lipinski definition) is 5. The van der Waals surface area contributed by atoms with E-state index in [0.29, 0.717) is 22.6 Å². The summed E-state index contributed by atoms with van der Waals surface area (Å²) in [5.41, 5.74) is 3.24. The lowest BCUT2D eigenvalue weighted by molar-refractivity contribution is -0.385. The first-order valence-corrected chi connectivity index (χ1v) is 6.79. The van der Waals surface area contributed by atoms with Gasteiger partial charge in [0.15, 0.2) is 0 Å². The second-order valence-corrected chi connectivity index (χ2v) is 4.72. The van der Waals surface area contributed by atoms with Gasteiger partial charge in [0.25, 0.3) is 11.6 Å². The topological polar surface area (TPSA) is 97.7 Å².